The van der Waals surface area contributed by atoms with Gasteiger partial charge >= 0.3 is 5.97 Å². The highest BCUT2D eigenvalue weighted by Crippen LogP contribution is 2.31. The van der Waals surface area contributed by atoms with E-state index in [0.29, 0.717) is 30.7 Å². The number of benzene rings is 1. The van der Waals surface area contributed by atoms with Gasteiger partial charge in [0.2, 0.25) is 0 Å². The number of likely N-dealkylation sites (tertiary alicyclic amines) is 1. The SMILES string of the molecule is CC1(C(=O)O)CCCN1C(=O)c1cccc(OC2CCCC2)c1. The molecule has 1 saturated heterocycles. The van der Waals surface area contributed by atoms with Crippen molar-refractivity contribution in [3.8, 4) is 5.75 Å². The fourth-order valence-electron chi connectivity index (χ4n) is 3.57. The van der Waals surface area contributed by atoms with Crippen LogP contribution in [0.25, 0.3) is 0 Å². The summed E-state index contributed by atoms with van der Waals surface area (Å²) in [7, 11) is 0. The summed E-state index contributed by atoms with van der Waals surface area (Å²) in [5, 5.41) is 9.46. The molecule has 1 saturated carbocycles. The van der Waals surface area contributed by atoms with E-state index in [1.54, 1.807) is 25.1 Å². The maximum Gasteiger partial charge on any atom is 0.329 e. The lowest BCUT2D eigenvalue weighted by Crippen LogP contribution is -2.50. The molecule has 1 amide bonds. The molecular weight excluding hydrogens is 294 g/mol. The number of aliphatic carboxylic acids is 1. The van der Waals surface area contributed by atoms with Crippen LogP contribution in [0, 0.1) is 0 Å². The number of hydrogen-bond donors (Lipinski definition) is 1. The van der Waals surface area contributed by atoms with Crippen LogP contribution in [0.1, 0.15) is 55.8 Å². The predicted molar refractivity (Wildman–Crippen MR) is 85.6 cm³/mol. The Morgan fingerprint density at radius 1 is 1.26 bits per heavy atom. The molecule has 2 aliphatic rings. The summed E-state index contributed by atoms with van der Waals surface area (Å²) < 4.78 is 5.94. The van der Waals surface area contributed by atoms with Crippen molar-refractivity contribution in [1.29, 1.82) is 0 Å². The van der Waals surface area contributed by atoms with Gasteiger partial charge in [-0.05, 0) is 63.6 Å². The van der Waals surface area contributed by atoms with Crippen LogP contribution < -0.4 is 4.74 Å². The number of nitrogens with zero attached hydrogens (tertiary/aromatic N) is 1. The second-order valence-electron chi connectivity index (χ2n) is 6.69. The summed E-state index contributed by atoms with van der Waals surface area (Å²) in [6.07, 6.45) is 5.93. The van der Waals surface area contributed by atoms with Crippen LogP contribution in [0.3, 0.4) is 0 Å². The second kappa shape index (κ2) is 6.22. The zero-order chi connectivity index (χ0) is 16.4. The number of carbonyl (C=O) groups is 2. The van der Waals surface area contributed by atoms with Crippen molar-refractivity contribution < 1.29 is 19.4 Å². The zero-order valence-electron chi connectivity index (χ0n) is 13.5. The fraction of sp³-hybridized carbons (Fsp3) is 0.556. The van der Waals surface area contributed by atoms with E-state index in [-0.39, 0.29) is 12.0 Å². The molecule has 5 heteroatoms. The average Bonchev–Trinajstić information content (AvgIpc) is 3.17. The van der Waals surface area contributed by atoms with Gasteiger partial charge in [0.1, 0.15) is 11.3 Å². The maximum absolute atomic E-state index is 12.8. The van der Waals surface area contributed by atoms with Crippen LogP contribution >= 0.6 is 0 Å². The molecule has 1 aliphatic heterocycles. The average molecular weight is 317 g/mol. The Kier molecular flexibility index (Phi) is 4.28. The molecule has 2 fully saturated rings. The van der Waals surface area contributed by atoms with Crippen LogP contribution in [-0.2, 0) is 4.79 Å². The topological polar surface area (TPSA) is 66.8 Å². The van der Waals surface area contributed by atoms with E-state index >= 15 is 0 Å². The normalized spacial score (nSPS) is 24.8. The van der Waals surface area contributed by atoms with Crippen molar-refractivity contribution in [1.82, 2.24) is 4.90 Å². The Hall–Kier alpha value is -2.04. The number of amides is 1. The van der Waals surface area contributed by atoms with Gasteiger partial charge in [-0.1, -0.05) is 6.07 Å². The largest absolute Gasteiger partial charge is 0.490 e. The van der Waals surface area contributed by atoms with E-state index in [1.165, 1.54) is 17.7 Å². The quantitative estimate of drug-likeness (QED) is 0.926. The van der Waals surface area contributed by atoms with Gasteiger partial charge in [0.05, 0.1) is 6.10 Å². The molecule has 1 aromatic carbocycles. The lowest BCUT2D eigenvalue weighted by molar-refractivity contribution is -0.147. The van der Waals surface area contributed by atoms with Crippen molar-refractivity contribution >= 4 is 11.9 Å². The number of ether oxygens (including phenoxy) is 1. The monoisotopic (exact) mass is 317 g/mol. The first-order chi connectivity index (χ1) is 11.0. The van der Waals surface area contributed by atoms with E-state index in [2.05, 4.69) is 0 Å². The van der Waals surface area contributed by atoms with Crippen LogP contribution in [0.2, 0.25) is 0 Å². The van der Waals surface area contributed by atoms with E-state index in [4.69, 9.17) is 4.74 Å². The molecule has 124 valence electrons. The van der Waals surface area contributed by atoms with Crippen LogP contribution in [0.15, 0.2) is 24.3 Å². The van der Waals surface area contributed by atoms with Crippen LogP contribution in [-0.4, -0.2) is 40.1 Å². The van der Waals surface area contributed by atoms with E-state index in [0.717, 1.165) is 12.8 Å². The molecule has 0 radical (unpaired) electrons. The number of carboxylic acid groups (broad SMARTS) is 1. The molecule has 1 atom stereocenters. The van der Waals surface area contributed by atoms with E-state index < -0.39 is 11.5 Å². The first-order valence-corrected chi connectivity index (χ1v) is 8.33. The molecule has 1 aromatic rings. The highest BCUT2D eigenvalue weighted by atomic mass is 16.5. The maximum atomic E-state index is 12.8. The van der Waals surface area contributed by atoms with Gasteiger partial charge in [0.25, 0.3) is 5.91 Å². The Labute approximate surface area is 136 Å². The number of hydrogen-bond acceptors (Lipinski definition) is 3. The Bertz CT molecular complexity index is 609. The summed E-state index contributed by atoms with van der Waals surface area (Å²) in [6.45, 7) is 2.11. The molecule has 0 aromatic heterocycles. The van der Waals surface area contributed by atoms with Crippen molar-refractivity contribution in [2.75, 3.05) is 6.54 Å². The number of carbonyl (C=O) groups excluding carboxylic acids is 1. The van der Waals surface area contributed by atoms with Crippen LogP contribution in [0.4, 0.5) is 0 Å². The number of rotatable bonds is 4. The van der Waals surface area contributed by atoms with Crippen molar-refractivity contribution in [2.45, 2.75) is 57.1 Å². The van der Waals surface area contributed by atoms with Crippen molar-refractivity contribution in [2.24, 2.45) is 0 Å². The molecule has 1 N–H and O–H groups in total. The fourth-order valence-corrected chi connectivity index (χ4v) is 3.57. The Morgan fingerprint density at radius 2 is 2.00 bits per heavy atom. The summed E-state index contributed by atoms with van der Waals surface area (Å²) in [4.78, 5) is 25.8. The molecule has 1 unspecified atom stereocenters. The molecule has 1 aliphatic carbocycles. The molecule has 0 spiro atoms. The number of carboxylic acids is 1. The smallest absolute Gasteiger partial charge is 0.329 e. The van der Waals surface area contributed by atoms with Crippen molar-refractivity contribution in [3.63, 3.8) is 0 Å². The van der Waals surface area contributed by atoms with Crippen LogP contribution in [0.5, 0.6) is 5.75 Å². The van der Waals surface area contributed by atoms with Gasteiger partial charge in [-0.2, -0.15) is 0 Å². The highest BCUT2D eigenvalue weighted by molar-refractivity contribution is 5.98. The minimum absolute atomic E-state index is 0.232. The summed E-state index contributed by atoms with van der Waals surface area (Å²) in [6, 6.07) is 7.12. The lowest BCUT2D eigenvalue weighted by Gasteiger charge is -2.31. The summed E-state index contributed by atoms with van der Waals surface area (Å²) >= 11 is 0. The molecular formula is C18H23NO4. The summed E-state index contributed by atoms with van der Waals surface area (Å²) in [5.74, 6) is -0.482. The highest BCUT2D eigenvalue weighted by Gasteiger charge is 2.46. The third-order valence-electron chi connectivity index (χ3n) is 5.03. The summed E-state index contributed by atoms with van der Waals surface area (Å²) in [5.41, 5.74) is -0.616. The van der Waals surface area contributed by atoms with Gasteiger partial charge in [-0.15, -0.1) is 0 Å². The predicted octanol–water partition coefficient (Wildman–Crippen LogP) is 3.09. The van der Waals surface area contributed by atoms with Crippen molar-refractivity contribution in [3.05, 3.63) is 29.8 Å². The molecule has 0 bridgehead atoms. The third-order valence-corrected chi connectivity index (χ3v) is 5.03. The Morgan fingerprint density at radius 3 is 2.70 bits per heavy atom. The lowest BCUT2D eigenvalue weighted by atomic mass is 9.98. The molecule has 5 nitrogen and oxygen atoms in total. The minimum atomic E-state index is -1.11. The van der Waals surface area contributed by atoms with Gasteiger partial charge in [-0.3, -0.25) is 4.79 Å². The van der Waals surface area contributed by atoms with E-state index in [1.807, 2.05) is 6.07 Å². The third kappa shape index (κ3) is 3.05. The molecule has 1 heterocycles. The van der Waals surface area contributed by atoms with E-state index in [9.17, 15) is 14.7 Å². The van der Waals surface area contributed by atoms with Gasteiger partial charge < -0.3 is 14.7 Å². The minimum Gasteiger partial charge on any atom is -0.490 e. The van der Waals surface area contributed by atoms with Gasteiger partial charge in [0.15, 0.2) is 0 Å². The standard InChI is InChI=1S/C18H23NO4/c1-18(17(21)22)10-5-11-19(18)16(20)13-6-4-9-15(12-13)23-14-7-2-3-8-14/h4,6,9,12,14H,2-3,5,7-8,10-11H2,1H3,(H,21,22). The Balaban J connectivity index is 1.78. The zero-order valence-corrected chi connectivity index (χ0v) is 13.5. The van der Waals surface area contributed by atoms with Gasteiger partial charge in [0, 0.05) is 12.1 Å². The first kappa shape index (κ1) is 15.8. The molecule has 3 rings (SSSR count). The van der Waals surface area contributed by atoms with Gasteiger partial charge in [-0.25, -0.2) is 4.79 Å². The molecule has 23 heavy (non-hydrogen) atoms. The second-order valence-corrected chi connectivity index (χ2v) is 6.69. The first-order valence-electron chi connectivity index (χ1n) is 8.33.